The average Bonchev–Trinajstić information content (AvgIpc) is 2.30. The summed E-state index contributed by atoms with van der Waals surface area (Å²) in [4.78, 5) is 11.3. The van der Waals surface area contributed by atoms with Gasteiger partial charge in [0.1, 0.15) is 5.75 Å². The zero-order chi connectivity index (χ0) is 12.3. The molecule has 0 spiro atoms. The molecule has 0 aliphatic heterocycles. The van der Waals surface area contributed by atoms with Crippen molar-refractivity contribution < 1.29 is 19.4 Å². The van der Waals surface area contributed by atoms with Crippen molar-refractivity contribution in [2.45, 2.75) is 13.0 Å². The van der Waals surface area contributed by atoms with Crippen molar-refractivity contribution in [3.05, 3.63) is 27.7 Å². The normalized spacial score (nSPS) is 12.1. The Kier molecular flexibility index (Phi) is 4.32. The van der Waals surface area contributed by atoms with Gasteiger partial charge in [-0.25, -0.2) is 4.79 Å². The Morgan fingerprint density at radius 3 is 2.56 bits per heavy atom. The average molecular weight is 289 g/mol. The number of aliphatic hydroxyl groups is 1. The number of rotatable bonds is 3. The summed E-state index contributed by atoms with van der Waals surface area (Å²) in [5.74, 6) is -0.252. The number of ether oxygens (including phenoxy) is 2. The van der Waals surface area contributed by atoms with Gasteiger partial charge in [0.05, 0.1) is 14.2 Å². The summed E-state index contributed by atoms with van der Waals surface area (Å²) < 4.78 is 10.4. The van der Waals surface area contributed by atoms with Crippen molar-refractivity contribution in [3.63, 3.8) is 0 Å². The van der Waals surface area contributed by atoms with Crippen molar-refractivity contribution in [2.24, 2.45) is 0 Å². The van der Waals surface area contributed by atoms with E-state index in [4.69, 9.17) is 4.74 Å². The van der Waals surface area contributed by atoms with E-state index in [0.717, 1.165) is 10.0 Å². The van der Waals surface area contributed by atoms with Gasteiger partial charge in [0.2, 0.25) is 0 Å². The second-order valence-electron chi connectivity index (χ2n) is 3.21. The Balaban J connectivity index is 3.29. The summed E-state index contributed by atoms with van der Waals surface area (Å²) in [6.45, 7) is 1.79. The van der Waals surface area contributed by atoms with Crippen molar-refractivity contribution in [2.75, 3.05) is 14.2 Å². The number of esters is 1. The van der Waals surface area contributed by atoms with Crippen LogP contribution < -0.4 is 4.74 Å². The number of benzene rings is 1. The fourth-order valence-electron chi connectivity index (χ4n) is 1.42. The minimum atomic E-state index is -1.34. The summed E-state index contributed by atoms with van der Waals surface area (Å²) in [5, 5.41) is 9.83. The van der Waals surface area contributed by atoms with Crippen molar-refractivity contribution in [1.82, 2.24) is 0 Å². The Hall–Kier alpha value is -1.07. The van der Waals surface area contributed by atoms with Gasteiger partial charge in [-0.05, 0) is 24.6 Å². The maximum Gasteiger partial charge on any atom is 0.339 e. The molecule has 1 N–H and O–H groups in total. The highest BCUT2D eigenvalue weighted by atomic mass is 79.9. The number of hydrogen-bond acceptors (Lipinski definition) is 4. The smallest absolute Gasteiger partial charge is 0.339 e. The van der Waals surface area contributed by atoms with Crippen LogP contribution in [0.5, 0.6) is 5.75 Å². The number of carbonyl (C=O) groups excluding carboxylic acids is 1. The van der Waals surface area contributed by atoms with E-state index >= 15 is 0 Å². The summed E-state index contributed by atoms with van der Waals surface area (Å²) in [6.07, 6.45) is -1.34. The summed E-state index contributed by atoms with van der Waals surface area (Å²) in [5.41, 5.74) is 1.17. The number of carbonyl (C=O) groups is 1. The van der Waals surface area contributed by atoms with Crippen molar-refractivity contribution in [3.8, 4) is 5.75 Å². The number of hydrogen-bond donors (Lipinski definition) is 1. The summed E-state index contributed by atoms with van der Waals surface area (Å²) >= 11 is 3.33. The maximum absolute atomic E-state index is 11.3. The minimum Gasteiger partial charge on any atom is -0.496 e. The first kappa shape index (κ1) is 13.0. The maximum atomic E-state index is 11.3. The lowest BCUT2D eigenvalue weighted by Crippen LogP contribution is -2.15. The van der Waals surface area contributed by atoms with Crippen molar-refractivity contribution >= 4 is 21.9 Å². The van der Waals surface area contributed by atoms with E-state index in [9.17, 15) is 9.90 Å². The molecule has 1 unspecified atom stereocenters. The molecule has 0 heterocycles. The third-order valence-electron chi connectivity index (χ3n) is 2.33. The van der Waals surface area contributed by atoms with Gasteiger partial charge in [0.15, 0.2) is 6.10 Å². The summed E-state index contributed by atoms with van der Waals surface area (Å²) in [6, 6.07) is 3.47. The largest absolute Gasteiger partial charge is 0.496 e. The third-order valence-corrected chi connectivity index (χ3v) is 3.19. The first-order valence-electron chi connectivity index (χ1n) is 4.61. The van der Waals surface area contributed by atoms with Gasteiger partial charge in [0.25, 0.3) is 0 Å². The van der Waals surface area contributed by atoms with Crippen LogP contribution in [0.3, 0.4) is 0 Å². The zero-order valence-electron chi connectivity index (χ0n) is 9.28. The molecule has 0 fully saturated rings. The molecule has 4 nitrogen and oxygen atoms in total. The Labute approximate surface area is 102 Å². The van der Waals surface area contributed by atoms with E-state index in [1.54, 1.807) is 19.1 Å². The van der Waals surface area contributed by atoms with Crippen LogP contribution in [0, 0.1) is 6.92 Å². The molecule has 1 atom stereocenters. The molecule has 0 aliphatic rings. The van der Waals surface area contributed by atoms with E-state index in [1.165, 1.54) is 14.2 Å². The molecular formula is C11H13BrO4. The van der Waals surface area contributed by atoms with Crippen LogP contribution in [0.1, 0.15) is 17.2 Å². The first-order chi connectivity index (χ1) is 7.52. The molecule has 1 aromatic rings. The predicted molar refractivity (Wildman–Crippen MR) is 62.4 cm³/mol. The molecule has 16 heavy (non-hydrogen) atoms. The fourth-order valence-corrected chi connectivity index (χ4v) is 1.77. The highest BCUT2D eigenvalue weighted by molar-refractivity contribution is 9.10. The molecule has 1 aromatic carbocycles. The molecule has 0 saturated carbocycles. The topological polar surface area (TPSA) is 55.8 Å². The molecule has 5 heteroatoms. The second kappa shape index (κ2) is 5.32. The van der Waals surface area contributed by atoms with Gasteiger partial charge in [-0.2, -0.15) is 0 Å². The lowest BCUT2D eigenvalue weighted by Gasteiger charge is -2.16. The summed E-state index contributed by atoms with van der Waals surface area (Å²) in [7, 11) is 2.71. The van der Waals surface area contributed by atoms with Crippen LogP contribution in [0.4, 0.5) is 0 Å². The van der Waals surface area contributed by atoms with Crippen LogP contribution in [-0.4, -0.2) is 25.3 Å². The van der Waals surface area contributed by atoms with Gasteiger partial charge in [-0.15, -0.1) is 0 Å². The van der Waals surface area contributed by atoms with Crippen LogP contribution in [-0.2, 0) is 9.53 Å². The van der Waals surface area contributed by atoms with Gasteiger partial charge in [0, 0.05) is 10.0 Å². The van der Waals surface area contributed by atoms with Crippen LogP contribution in [0.15, 0.2) is 16.6 Å². The van der Waals surface area contributed by atoms with Crippen LogP contribution >= 0.6 is 15.9 Å². The van der Waals surface area contributed by atoms with Gasteiger partial charge in [-0.3, -0.25) is 0 Å². The Morgan fingerprint density at radius 1 is 1.44 bits per heavy atom. The fraction of sp³-hybridized carbons (Fsp3) is 0.364. The molecule has 0 amide bonds. The van der Waals surface area contributed by atoms with Gasteiger partial charge < -0.3 is 14.6 Å². The second-order valence-corrected chi connectivity index (χ2v) is 4.07. The van der Waals surface area contributed by atoms with Gasteiger partial charge >= 0.3 is 5.97 Å². The highest BCUT2D eigenvalue weighted by Gasteiger charge is 2.24. The van der Waals surface area contributed by atoms with Crippen molar-refractivity contribution in [1.29, 1.82) is 0 Å². The molecule has 0 bridgehead atoms. The lowest BCUT2D eigenvalue weighted by atomic mass is 10.0. The molecule has 0 aromatic heterocycles. The number of halogens is 1. The minimum absolute atomic E-state index is 0.420. The lowest BCUT2D eigenvalue weighted by molar-refractivity contribution is -0.150. The van der Waals surface area contributed by atoms with E-state index < -0.39 is 12.1 Å². The Bertz CT molecular complexity index is 403. The van der Waals surface area contributed by atoms with E-state index in [0.29, 0.717) is 11.3 Å². The third kappa shape index (κ3) is 2.36. The van der Waals surface area contributed by atoms with E-state index in [-0.39, 0.29) is 0 Å². The molecule has 0 aliphatic carbocycles. The SMILES string of the molecule is COC(=O)C(O)c1c(OC)ccc(Br)c1C. The first-order valence-corrected chi connectivity index (χ1v) is 5.41. The number of methoxy groups -OCH3 is 2. The quantitative estimate of drug-likeness (QED) is 0.864. The zero-order valence-corrected chi connectivity index (χ0v) is 10.9. The molecular weight excluding hydrogens is 276 g/mol. The molecule has 0 radical (unpaired) electrons. The molecule has 88 valence electrons. The molecule has 0 saturated heterocycles. The standard InChI is InChI=1S/C11H13BrO4/c1-6-7(12)4-5-8(15-2)9(6)10(13)11(14)16-3/h4-5,10,13H,1-3H3. The monoisotopic (exact) mass is 288 g/mol. The van der Waals surface area contributed by atoms with Crippen LogP contribution in [0.2, 0.25) is 0 Å². The Morgan fingerprint density at radius 2 is 2.06 bits per heavy atom. The molecule has 1 rings (SSSR count). The van der Waals surface area contributed by atoms with Crippen LogP contribution in [0.25, 0.3) is 0 Å². The van der Waals surface area contributed by atoms with E-state index in [2.05, 4.69) is 20.7 Å². The van der Waals surface area contributed by atoms with Gasteiger partial charge in [-0.1, -0.05) is 15.9 Å². The number of aliphatic hydroxyl groups excluding tert-OH is 1. The highest BCUT2D eigenvalue weighted by Crippen LogP contribution is 2.33. The van der Waals surface area contributed by atoms with E-state index in [1.807, 2.05) is 0 Å². The predicted octanol–water partition coefficient (Wildman–Crippen LogP) is 1.97.